The molecule has 1 N–H and O–H groups in total. The molecule has 0 bridgehead atoms. The second-order valence-electron chi connectivity index (χ2n) is 4.61. The van der Waals surface area contributed by atoms with E-state index in [2.05, 4.69) is 5.32 Å². The minimum absolute atomic E-state index is 0.0311. The Labute approximate surface area is 112 Å². The highest BCUT2D eigenvalue weighted by Crippen LogP contribution is 2.04. The molecule has 1 aromatic rings. The summed E-state index contributed by atoms with van der Waals surface area (Å²) in [5.74, 6) is -0.0311. The predicted octanol–water partition coefficient (Wildman–Crippen LogP) is 1.11. The maximum absolute atomic E-state index is 11.7. The van der Waals surface area contributed by atoms with Gasteiger partial charge in [-0.15, -0.1) is 0 Å². The first kappa shape index (κ1) is 13.4. The van der Waals surface area contributed by atoms with Crippen LogP contribution in [0.2, 0.25) is 0 Å². The van der Waals surface area contributed by atoms with Gasteiger partial charge in [0.15, 0.2) is 0 Å². The molecule has 2 rings (SSSR count). The molecule has 0 atom stereocenters. The molecule has 5 nitrogen and oxygen atoms in total. The largest absolute Gasteiger partial charge is 0.448 e. The lowest BCUT2D eigenvalue weighted by Crippen LogP contribution is -2.36. The molecular weight excluding hydrogens is 244 g/mol. The van der Waals surface area contributed by atoms with Crippen LogP contribution in [0.5, 0.6) is 0 Å². The van der Waals surface area contributed by atoms with E-state index in [1.807, 2.05) is 31.2 Å². The summed E-state index contributed by atoms with van der Waals surface area (Å²) in [6, 6.07) is 7.88. The third kappa shape index (κ3) is 3.98. The van der Waals surface area contributed by atoms with Gasteiger partial charge in [0, 0.05) is 13.1 Å². The maximum atomic E-state index is 11.7. The number of cyclic esters (lactones) is 1. The second-order valence-corrected chi connectivity index (χ2v) is 4.61. The summed E-state index contributed by atoms with van der Waals surface area (Å²) >= 11 is 0. The van der Waals surface area contributed by atoms with E-state index in [0.717, 1.165) is 5.56 Å². The first-order valence-electron chi connectivity index (χ1n) is 6.39. The van der Waals surface area contributed by atoms with E-state index in [4.69, 9.17) is 4.74 Å². The van der Waals surface area contributed by atoms with E-state index in [0.29, 0.717) is 32.7 Å². The lowest BCUT2D eigenvalue weighted by Gasteiger charge is -2.12. The summed E-state index contributed by atoms with van der Waals surface area (Å²) in [5.41, 5.74) is 2.17. The van der Waals surface area contributed by atoms with Crippen molar-refractivity contribution in [2.75, 3.05) is 26.2 Å². The molecule has 19 heavy (non-hydrogen) atoms. The van der Waals surface area contributed by atoms with Crippen LogP contribution in [0, 0.1) is 6.92 Å². The zero-order chi connectivity index (χ0) is 13.7. The zero-order valence-electron chi connectivity index (χ0n) is 11.0. The van der Waals surface area contributed by atoms with Gasteiger partial charge < -0.3 is 15.0 Å². The Hall–Kier alpha value is -2.04. The fourth-order valence-corrected chi connectivity index (χ4v) is 1.91. The fourth-order valence-electron chi connectivity index (χ4n) is 1.91. The number of benzene rings is 1. The van der Waals surface area contributed by atoms with Gasteiger partial charge in [-0.1, -0.05) is 29.8 Å². The molecule has 0 radical (unpaired) electrons. The van der Waals surface area contributed by atoms with Gasteiger partial charge in [-0.25, -0.2) is 4.79 Å². The molecule has 1 fully saturated rings. The van der Waals surface area contributed by atoms with E-state index in [1.54, 1.807) is 4.90 Å². The van der Waals surface area contributed by atoms with E-state index in [1.165, 1.54) is 5.56 Å². The highest BCUT2D eigenvalue weighted by atomic mass is 16.6. The first-order valence-corrected chi connectivity index (χ1v) is 6.39. The zero-order valence-corrected chi connectivity index (χ0v) is 11.0. The minimum atomic E-state index is -0.298. The molecular formula is C14H18N2O3. The molecule has 5 heteroatoms. The molecule has 1 aliphatic heterocycles. The summed E-state index contributed by atoms with van der Waals surface area (Å²) in [7, 11) is 0. The summed E-state index contributed by atoms with van der Waals surface area (Å²) in [6.45, 7) is 4.01. The van der Waals surface area contributed by atoms with Crippen LogP contribution in [0.4, 0.5) is 4.79 Å². The summed E-state index contributed by atoms with van der Waals surface area (Å²) in [5, 5.41) is 2.80. The average molecular weight is 262 g/mol. The molecule has 2 amide bonds. The number of aryl methyl sites for hydroxylation is 1. The molecule has 0 spiro atoms. The van der Waals surface area contributed by atoms with Gasteiger partial charge in [0.2, 0.25) is 5.91 Å². The molecule has 0 aliphatic carbocycles. The Kier molecular flexibility index (Phi) is 4.39. The molecule has 102 valence electrons. The number of hydrogen-bond acceptors (Lipinski definition) is 3. The lowest BCUT2D eigenvalue weighted by atomic mass is 10.1. The standard InChI is InChI=1S/C14H18N2O3/c1-11-2-4-12(5-3-11)10-13(17)15-6-7-16-8-9-19-14(16)18/h2-5H,6-10H2,1H3,(H,15,17). The lowest BCUT2D eigenvalue weighted by molar-refractivity contribution is -0.120. The quantitative estimate of drug-likeness (QED) is 0.864. The van der Waals surface area contributed by atoms with Crippen molar-refractivity contribution < 1.29 is 14.3 Å². The van der Waals surface area contributed by atoms with Crippen LogP contribution in [0.15, 0.2) is 24.3 Å². The molecule has 1 aliphatic rings. The van der Waals surface area contributed by atoms with Crippen LogP contribution in [-0.2, 0) is 16.0 Å². The van der Waals surface area contributed by atoms with Crippen LogP contribution < -0.4 is 5.32 Å². The van der Waals surface area contributed by atoms with Gasteiger partial charge in [0.25, 0.3) is 0 Å². The summed E-state index contributed by atoms with van der Waals surface area (Å²) in [6.07, 6.45) is 0.0675. The second kappa shape index (κ2) is 6.22. The minimum Gasteiger partial charge on any atom is -0.448 e. The Morgan fingerprint density at radius 1 is 1.37 bits per heavy atom. The molecule has 1 saturated heterocycles. The summed E-state index contributed by atoms with van der Waals surface area (Å²) < 4.78 is 4.80. The number of ether oxygens (including phenoxy) is 1. The van der Waals surface area contributed by atoms with Crippen molar-refractivity contribution in [3.05, 3.63) is 35.4 Å². The Bertz CT molecular complexity index is 456. The Balaban J connectivity index is 1.69. The molecule has 0 aromatic heterocycles. The molecule has 1 aromatic carbocycles. The van der Waals surface area contributed by atoms with Crippen LogP contribution >= 0.6 is 0 Å². The maximum Gasteiger partial charge on any atom is 0.409 e. The number of carbonyl (C=O) groups excluding carboxylic acids is 2. The van der Waals surface area contributed by atoms with Crippen molar-refractivity contribution in [2.24, 2.45) is 0 Å². The van der Waals surface area contributed by atoms with E-state index < -0.39 is 0 Å². The fraction of sp³-hybridized carbons (Fsp3) is 0.429. The van der Waals surface area contributed by atoms with Gasteiger partial charge in [-0.2, -0.15) is 0 Å². The monoisotopic (exact) mass is 262 g/mol. The number of amides is 2. The van der Waals surface area contributed by atoms with E-state index in [-0.39, 0.29) is 12.0 Å². The van der Waals surface area contributed by atoms with Crippen molar-refractivity contribution in [2.45, 2.75) is 13.3 Å². The number of rotatable bonds is 5. The molecule has 1 heterocycles. The summed E-state index contributed by atoms with van der Waals surface area (Å²) in [4.78, 5) is 24.5. The topological polar surface area (TPSA) is 58.6 Å². The average Bonchev–Trinajstić information content (AvgIpc) is 2.78. The van der Waals surface area contributed by atoms with Gasteiger partial charge in [0.1, 0.15) is 6.61 Å². The Morgan fingerprint density at radius 2 is 2.11 bits per heavy atom. The van der Waals surface area contributed by atoms with Gasteiger partial charge in [-0.3, -0.25) is 4.79 Å². The van der Waals surface area contributed by atoms with Crippen molar-refractivity contribution in [1.29, 1.82) is 0 Å². The van der Waals surface area contributed by atoms with Crippen LogP contribution in [0.1, 0.15) is 11.1 Å². The van der Waals surface area contributed by atoms with Crippen molar-refractivity contribution >= 4 is 12.0 Å². The van der Waals surface area contributed by atoms with Gasteiger partial charge in [-0.05, 0) is 12.5 Å². The molecule has 0 saturated carbocycles. The van der Waals surface area contributed by atoms with Gasteiger partial charge in [0.05, 0.1) is 13.0 Å². The SMILES string of the molecule is Cc1ccc(CC(=O)NCCN2CCOC2=O)cc1. The third-order valence-corrected chi connectivity index (χ3v) is 3.03. The number of carbonyl (C=O) groups is 2. The number of hydrogen-bond donors (Lipinski definition) is 1. The predicted molar refractivity (Wildman–Crippen MR) is 70.8 cm³/mol. The normalized spacial score (nSPS) is 14.4. The van der Waals surface area contributed by atoms with Crippen LogP contribution in [0.25, 0.3) is 0 Å². The van der Waals surface area contributed by atoms with Crippen molar-refractivity contribution in [3.63, 3.8) is 0 Å². The smallest absolute Gasteiger partial charge is 0.409 e. The highest BCUT2D eigenvalue weighted by molar-refractivity contribution is 5.78. The van der Waals surface area contributed by atoms with Crippen LogP contribution in [0.3, 0.4) is 0 Å². The van der Waals surface area contributed by atoms with Crippen molar-refractivity contribution in [3.8, 4) is 0 Å². The highest BCUT2D eigenvalue weighted by Gasteiger charge is 2.21. The first-order chi connectivity index (χ1) is 9.15. The number of nitrogens with zero attached hydrogens (tertiary/aromatic N) is 1. The van der Waals surface area contributed by atoms with Gasteiger partial charge >= 0.3 is 6.09 Å². The van der Waals surface area contributed by atoms with Crippen molar-refractivity contribution in [1.82, 2.24) is 10.2 Å². The number of nitrogens with one attached hydrogen (secondary N) is 1. The third-order valence-electron chi connectivity index (χ3n) is 3.03. The molecule has 0 unspecified atom stereocenters. The van der Waals surface area contributed by atoms with E-state index >= 15 is 0 Å². The van der Waals surface area contributed by atoms with E-state index in [9.17, 15) is 9.59 Å². The Morgan fingerprint density at radius 3 is 2.74 bits per heavy atom. The van der Waals surface area contributed by atoms with Crippen LogP contribution in [-0.4, -0.2) is 43.1 Å².